The summed E-state index contributed by atoms with van der Waals surface area (Å²) in [5.41, 5.74) is 1.82. The minimum Gasteiger partial charge on any atom is -0.494 e. The van der Waals surface area contributed by atoms with Crippen molar-refractivity contribution in [3.05, 3.63) is 89.2 Å². The highest BCUT2D eigenvalue weighted by molar-refractivity contribution is 7.92. The maximum Gasteiger partial charge on any atom is 0.261 e. The lowest BCUT2D eigenvalue weighted by atomic mass is 10.1. The number of halogens is 1. The Balaban J connectivity index is 1.63. The molecule has 3 rings (SSSR count). The summed E-state index contributed by atoms with van der Waals surface area (Å²) in [6.07, 6.45) is 0. The van der Waals surface area contributed by atoms with Gasteiger partial charge in [-0.05, 0) is 79.6 Å². The van der Waals surface area contributed by atoms with Gasteiger partial charge in [0, 0.05) is 17.8 Å². The molecule has 0 aromatic heterocycles. The zero-order valence-electron chi connectivity index (χ0n) is 17.2. The largest absolute Gasteiger partial charge is 0.494 e. The summed E-state index contributed by atoms with van der Waals surface area (Å²) in [6.45, 7) is 4.29. The molecule has 6 nitrogen and oxygen atoms in total. The SMILES string of the molecule is CCOc1cccc(CNC(=O)c2ccc(NS(=O)(=O)c3ccc(F)c(C)c3)cc2)c1. The van der Waals surface area contributed by atoms with Crippen molar-refractivity contribution in [2.45, 2.75) is 25.3 Å². The maximum atomic E-state index is 13.4. The number of carbonyl (C=O) groups is 1. The zero-order valence-corrected chi connectivity index (χ0v) is 18.0. The second-order valence-electron chi connectivity index (χ2n) is 6.86. The Kier molecular flexibility index (Phi) is 6.91. The average Bonchev–Trinajstić information content (AvgIpc) is 2.74. The smallest absolute Gasteiger partial charge is 0.261 e. The molecule has 162 valence electrons. The highest BCUT2D eigenvalue weighted by atomic mass is 32.2. The van der Waals surface area contributed by atoms with Crippen molar-refractivity contribution in [3.8, 4) is 5.75 Å². The summed E-state index contributed by atoms with van der Waals surface area (Å²) in [5.74, 6) is -0.0217. The van der Waals surface area contributed by atoms with Gasteiger partial charge in [0.05, 0.1) is 11.5 Å². The van der Waals surface area contributed by atoms with E-state index >= 15 is 0 Å². The number of anilines is 1. The Morgan fingerprint density at radius 3 is 2.45 bits per heavy atom. The molecule has 1 amide bonds. The van der Waals surface area contributed by atoms with E-state index in [1.807, 2.05) is 31.2 Å². The molecule has 0 atom stereocenters. The number of ether oxygens (including phenoxy) is 1. The van der Waals surface area contributed by atoms with Crippen LogP contribution in [-0.2, 0) is 16.6 Å². The first-order chi connectivity index (χ1) is 14.8. The van der Waals surface area contributed by atoms with Crippen LogP contribution in [0.5, 0.6) is 5.75 Å². The molecule has 0 unspecified atom stereocenters. The van der Waals surface area contributed by atoms with Gasteiger partial charge in [-0.1, -0.05) is 12.1 Å². The minimum absolute atomic E-state index is 0.0393. The quantitative estimate of drug-likeness (QED) is 0.546. The van der Waals surface area contributed by atoms with E-state index in [9.17, 15) is 17.6 Å². The molecule has 31 heavy (non-hydrogen) atoms. The fourth-order valence-corrected chi connectivity index (χ4v) is 4.03. The van der Waals surface area contributed by atoms with E-state index in [1.54, 1.807) is 0 Å². The fraction of sp³-hybridized carbons (Fsp3) is 0.174. The normalized spacial score (nSPS) is 11.1. The molecule has 3 aromatic carbocycles. The van der Waals surface area contributed by atoms with Crippen LogP contribution in [-0.4, -0.2) is 20.9 Å². The molecule has 0 saturated heterocycles. The summed E-state index contributed by atoms with van der Waals surface area (Å²) in [4.78, 5) is 12.4. The first kappa shape index (κ1) is 22.3. The van der Waals surface area contributed by atoms with Gasteiger partial charge in [0.2, 0.25) is 0 Å². The van der Waals surface area contributed by atoms with Crippen LogP contribution in [0.15, 0.2) is 71.6 Å². The van der Waals surface area contributed by atoms with Crippen LogP contribution in [0.3, 0.4) is 0 Å². The number of rotatable bonds is 8. The van der Waals surface area contributed by atoms with Crippen LogP contribution in [0.4, 0.5) is 10.1 Å². The molecular weight excluding hydrogens is 419 g/mol. The van der Waals surface area contributed by atoms with Gasteiger partial charge in [0.25, 0.3) is 15.9 Å². The number of aryl methyl sites for hydroxylation is 1. The van der Waals surface area contributed by atoms with Crippen molar-refractivity contribution in [3.63, 3.8) is 0 Å². The molecule has 0 spiro atoms. The van der Waals surface area contributed by atoms with Crippen LogP contribution in [0, 0.1) is 12.7 Å². The molecular formula is C23H23FN2O4S. The molecule has 0 heterocycles. The van der Waals surface area contributed by atoms with E-state index in [-0.39, 0.29) is 16.4 Å². The summed E-state index contributed by atoms with van der Waals surface area (Å²) >= 11 is 0. The van der Waals surface area contributed by atoms with Gasteiger partial charge < -0.3 is 10.1 Å². The Bertz CT molecular complexity index is 1180. The Hall–Kier alpha value is -3.39. The summed E-state index contributed by atoms with van der Waals surface area (Å²) < 4.78 is 46.3. The molecule has 8 heteroatoms. The van der Waals surface area contributed by atoms with Gasteiger partial charge in [-0.3, -0.25) is 9.52 Å². The number of hydrogen-bond donors (Lipinski definition) is 2. The van der Waals surface area contributed by atoms with E-state index in [0.717, 1.165) is 17.4 Å². The first-order valence-corrected chi connectivity index (χ1v) is 11.2. The Morgan fingerprint density at radius 1 is 1.03 bits per heavy atom. The van der Waals surface area contributed by atoms with Crippen LogP contribution in [0.1, 0.15) is 28.4 Å². The molecule has 0 fully saturated rings. The molecule has 0 radical (unpaired) electrons. The van der Waals surface area contributed by atoms with Crippen molar-refractivity contribution in [1.82, 2.24) is 5.32 Å². The molecule has 0 aliphatic carbocycles. The summed E-state index contributed by atoms with van der Waals surface area (Å²) in [7, 11) is -3.87. The number of benzene rings is 3. The standard InChI is InChI=1S/C23H23FN2O4S/c1-3-30-20-6-4-5-17(14-20)15-25-23(27)18-7-9-19(10-8-18)26-31(28,29)21-11-12-22(24)16(2)13-21/h4-14,26H,3,15H2,1-2H3,(H,25,27). The average molecular weight is 443 g/mol. The van der Waals surface area contributed by atoms with Crippen LogP contribution in [0.25, 0.3) is 0 Å². The van der Waals surface area contributed by atoms with Gasteiger partial charge in [-0.2, -0.15) is 0 Å². The first-order valence-electron chi connectivity index (χ1n) is 9.67. The molecule has 0 aliphatic heterocycles. The van der Waals surface area contributed by atoms with Crippen molar-refractivity contribution >= 4 is 21.6 Å². The van der Waals surface area contributed by atoms with Gasteiger partial charge in [0.1, 0.15) is 11.6 Å². The fourth-order valence-electron chi connectivity index (χ4n) is 2.88. The highest BCUT2D eigenvalue weighted by Crippen LogP contribution is 2.19. The van der Waals surface area contributed by atoms with E-state index in [2.05, 4.69) is 10.0 Å². The third-order valence-electron chi connectivity index (χ3n) is 4.50. The van der Waals surface area contributed by atoms with Crippen LogP contribution < -0.4 is 14.8 Å². The lowest BCUT2D eigenvalue weighted by molar-refractivity contribution is 0.0951. The maximum absolute atomic E-state index is 13.4. The molecule has 0 saturated carbocycles. The second-order valence-corrected chi connectivity index (χ2v) is 8.54. The van der Waals surface area contributed by atoms with E-state index in [4.69, 9.17) is 4.74 Å². The van der Waals surface area contributed by atoms with Crippen molar-refractivity contribution in [1.29, 1.82) is 0 Å². The van der Waals surface area contributed by atoms with E-state index < -0.39 is 15.8 Å². The highest BCUT2D eigenvalue weighted by Gasteiger charge is 2.16. The predicted octanol–water partition coefficient (Wildman–Crippen LogP) is 4.26. The number of carbonyl (C=O) groups excluding carboxylic acids is 1. The Labute approximate surface area is 181 Å². The van der Waals surface area contributed by atoms with Crippen molar-refractivity contribution in [2.75, 3.05) is 11.3 Å². The number of nitrogens with one attached hydrogen (secondary N) is 2. The minimum atomic E-state index is -3.87. The summed E-state index contributed by atoms with van der Waals surface area (Å²) in [6, 6.07) is 17.1. The Morgan fingerprint density at radius 2 is 1.77 bits per heavy atom. The number of sulfonamides is 1. The lowest BCUT2D eigenvalue weighted by Gasteiger charge is -2.10. The molecule has 2 N–H and O–H groups in total. The lowest BCUT2D eigenvalue weighted by Crippen LogP contribution is -2.22. The summed E-state index contributed by atoms with van der Waals surface area (Å²) in [5, 5.41) is 2.82. The van der Waals surface area contributed by atoms with Crippen molar-refractivity contribution in [2.24, 2.45) is 0 Å². The van der Waals surface area contributed by atoms with Gasteiger partial charge in [-0.15, -0.1) is 0 Å². The van der Waals surface area contributed by atoms with Gasteiger partial charge in [-0.25, -0.2) is 12.8 Å². The number of hydrogen-bond acceptors (Lipinski definition) is 4. The zero-order chi connectivity index (χ0) is 22.4. The molecule has 0 bridgehead atoms. The van der Waals surface area contributed by atoms with Crippen LogP contribution in [0.2, 0.25) is 0 Å². The van der Waals surface area contributed by atoms with Crippen LogP contribution >= 0.6 is 0 Å². The second kappa shape index (κ2) is 9.61. The third kappa shape index (κ3) is 5.82. The third-order valence-corrected chi connectivity index (χ3v) is 5.88. The molecule has 0 aliphatic rings. The number of amides is 1. The van der Waals surface area contributed by atoms with E-state index in [0.29, 0.717) is 24.4 Å². The predicted molar refractivity (Wildman–Crippen MR) is 117 cm³/mol. The topological polar surface area (TPSA) is 84.5 Å². The van der Waals surface area contributed by atoms with E-state index in [1.165, 1.54) is 43.3 Å². The van der Waals surface area contributed by atoms with Gasteiger partial charge >= 0.3 is 0 Å². The molecule has 3 aromatic rings. The monoisotopic (exact) mass is 442 g/mol. The van der Waals surface area contributed by atoms with Gasteiger partial charge in [0.15, 0.2) is 0 Å². The van der Waals surface area contributed by atoms with Crippen molar-refractivity contribution < 1.29 is 22.3 Å².